The molecule has 0 spiro atoms. The Morgan fingerprint density at radius 3 is 2.86 bits per heavy atom. The molecule has 0 aromatic carbocycles. The zero-order valence-corrected chi connectivity index (χ0v) is 16.5. The Bertz CT molecular complexity index is 1020. The number of likely N-dealkylation sites (tertiary alicyclic amines) is 1. The monoisotopic (exact) mass is 396 g/mol. The highest BCUT2D eigenvalue weighted by molar-refractivity contribution is 5.94. The van der Waals surface area contributed by atoms with Crippen molar-refractivity contribution in [3.63, 3.8) is 0 Å². The van der Waals surface area contributed by atoms with Crippen LogP contribution in [0.4, 0.5) is 0 Å². The van der Waals surface area contributed by atoms with Gasteiger partial charge in [0.1, 0.15) is 5.76 Å². The lowest BCUT2D eigenvalue weighted by Gasteiger charge is -2.27. The first kappa shape index (κ1) is 18.1. The predicted molar refractivity (Wildman–Crippen MR) is 102 cm³/mol. The van der Waals surface area contributed by atoms with Crippen LogP contribution >= 0.6 is 0 Å². The molecule has 2 aliphatic rings. The molecule has 1 unspecified atom stereocenters. The van der Waals surface area contributed by atoms with Crippen molar-refractivity contribution in [3.05, 3.63) is 35.2 Å². The van der Waals surface area contributed by atoms with Gasteiger partial charge in [0, 0.05) is 31.8 Å². The molecule has 5 rings (SSSR count). The van der Waals surface area contributed by atoms with Crippen LogP contribution in [-0.2, 0) is 19.9 Å². The highest BCUT2D eigenvalue weighted by atomic mass is 16.5. The maximum atomic E-state index is 13.5. The van der Waals surface area contributed by atoms with Gasteiger partial charge in [0.05, 0.1) is 17.8 Å². The lowest BCUT2D eigenvalue weighted by Crippen LogP contribution is -2.36. The van der Waals surface area contributed by atoms with Gasteiger partial charge in [-0.25, -0.2) is 0 Å². The lowest BCUT2D eigenvalue weighted by atomic mass is 9.96. The third-order valence-corrected chi connectivity index (χ3v) is 5.86. The first-order chi connectivity index (χ1) is 14.2. The number of rotatable bonds is 3. The Hall–Kier alpha value is -2.97. The summed E-state index contributed by atoms with van der Waals surface area (Å²) < 4.78 is 12.6. The fraction of sp³-hybridized carbons (Fsp3) is 0.550. The fourth-order valence-corrected chi connectivity index (χ4v) is 4.33. The van der Waals surface area contributed by atoms with Crippen molar-refractivity contribution in [1.29, 1.82) is 0 Å². The van der Waals surface area contributed by atoms with Crippen molar-refractivity contribution >= 4 is 5.91 Å². The zero-order valence-electron chi connectivity index (χ0n) is 16.5. The normalized spacial score (nSPS) is 19.8. The number of hydrogen-bond acceptors (Lipinski definition) is 7. The topological polar surface area (TPSA) is 103 Å². The molecule has 152 valence electrons. The molecule has 1 atom stereocenters. The van der Waals surface area contributed by atoms with Gasteiger partial charge in [-0.2, -0.15) is 10.1 Å². The van der Waals surface area contributed by atoms with Crippen LogP contribution in [0.3, 0.4) is 0 Å². The van der Waals surface area contributed by atoms with Crippen molar-refractivity contribution in [2.24, 2.45) is 7.05 Å². The van der Waals surface area contributed by atoms with Gasteiger partial charge in [-0.1, -0.05) is 23.2 Å². The lowest BCUT2D eigenvalue weighted by molar-refractivity contribution is 0.0658. The molecule has 29 heavy (non-hydrogen) atoms. The van der Waals surface area contributed by atoms with E-state index in [1.165, 1.54) is 0 Å². The second-order valence-corrected chi connectivity index (χ2v) is 7.86. The number of aromatic nitrogens is 5. The smallest absolute Gasteiger partial charge is 0.276 e. The van der Waals surface area contributed by atoms with E-state index in [0.29, 0.717) is 24.0 Å². The summed E-state index contributed by atoms with van der Waals surface area (Å²) in [6.45, 7) is 0.655. The Balaban J connectivity index is 1.45. The molecule has 9 heteroatoms. The number of aryl methyl sites for hydroxylation is 2. The highest BCUT2D eigenvalue weighted by Gasteiger charge is 2.35. The molecule has 9 nitrogen and oxygen atoms in total. The first-order valence-corrected chi connectivity index (χ1v) is 10.3. The molecule has 1 aliphatic heterocycles. The van der Waals surface area contributed by atoms with Crippen molar-refractivity contribution in [1.82, 2.24) is 30.0 Å². The number of carbonyl (C=O) groups excluding carboxylic acids is 1. The van der Waals surface area contributed by atoms with Gasteiger partial charge < -0.3 is 13.9 Å². The molecule has 0 saturated carbocycles. The Kier molecular flexibility index (Phi) is 4.65. The summed E-state index contributed by atoms with van der Waals surface area (Å²) in [5.41, 5.74) is 2.21. The van der Waals surface area contributed by atoms with Crippen molar-refractivity contribution in [3.8, 4) is 11.5 Å². The van der Waals surface area contributed by atoms with Crippen LogP contribution in [0.15, 0.2) is 21.4 Å². The maximum Gasteiger partial charge on any atom is 0.276 e. The SMILES string of the molecule is Cn1cc(-c2nc(C3CCCCCN3C(=O)c3noc4c3CCCC4)no2)cn1. The quantitative estimate of drug-likeness (QED) is 0.670. The minimum absolute atomic E-state index is 0.0865. The molecule has 0 N–H and O–H groups in total. The molecule has 1 saturated heterocycles. The molecular formula is C20H24N6O3. The van der Waals surface area contributed by atoms with Crippen LogP contribution < -0.4 is 0 Å². The third kappa shape index (κ3) is 3.34. The highest BCUT2D eigenvalue weighted by Crippen LogP contribution is 2.33. The average Bonchev–Trinajstić information content (AvgIpc) is 3.44. The van der Waals surface area contributed by atoms with Crippen LogP contribution in [0, 0.1) is 0 Å². The number of nitrogens with zero attached hydrogens (tertiary/aromatic N) is 6. The molecule has 3 aromatic rings. The first-order valence-electron chi connectivity index (χ1n) is 10.3. The molecule has 1 fully saturated rings. The van der Waals surface area contributed by atoms with Crippen LogP contribution in [-0.4, -0.2) is 42.4 Å². The molecular weight excluding hydrogens is 372 g/mol. The van der Waals surface area contributed by atoms with E-state index in [2.05, 4.69) is 20.4 Å². The van der Waals surface area contributed by atoms with E-state index in [0.717, 1.165) is 68.3 Å². The van der Waals surface area contributed by atoms with Gasteiger partial charge in [0.2, 0.25) is 0 Å². The van der Waals surface area contributed by atoms with Crippen molar-refractivity contribution in [2.45, 2.75) is 57.4 Å². The van der Waals surface area contributed by atoms with Crippen molar-refractivity contribution < 1.29 is 13.8 Å². The van der Waals surface area contributed by atoms with Gasteiger partial charge in [-0.15, -0.1) is 0 Å². The average molecular weight is 396 g/mol. The van der Waals surface area contributed by atoms with Crippen LogP contribution in [0.2, 0.25) is 0 Å². The largest absolute Gasteiger partial charge is 0.360 e. The van der Waals surface area contributed by atoms with E-state index in [9.17, 15) is 4.79 Å². The minimum Gasteiger partial charge on any atom is -0.360 e. The minimum atomic E-state index is -0.227. The predicted octanol–water partition coefficient (Wildman–Crippen LogP) is 3.09. The number of amides is 1. The fourth-order valence-electron chi connectivity index (χ4n) is 4.33. The summed E-state index contributed by atoms with van der Waals surface area (Å²) >= 11 is 0. The molecule has 0 radical (unpaired) electrons. The van der Waals surface area contributed by atoms with Gasteiger partial charge >= 0.3 is 0 Å². The Morgan fingerprint density at radius 2 is 2.00 bits per heavy atom. The zero-order chi connectivity index (χ0) is 19.8. The molecule has 1 aliphatic carbocycles. The molecule has 0 bridgehead atoms. The van der Waals surface area contributed by atoms with Crippen molar-refractivity contribution in [2.75, 3.05) is 6.54 Å². The Labute approximate surface area is 168 Å². The van der Waals surface area contributed by atoms with E-state index >= 15 is 0 Å². The second-order valence-electron chi connectivity index (χ2n) is 7.86. The van der Waals surface area contributed by atoms with Gasteiger partial charge in [-0.3, -0.25) is 9.48 Å². The van der Waals surface area contributed by atoms with Gasteiger partial charge in [0.25, 0.3) is 11.8 Å². The summed E-state index contributed by atoms with van der Waals surface area (Å²) in [6.07, 6.45) is 11.2. The van der Waals surface area contributed by atoms with E-state index in [1.807, 2.05) is 18.1 Å². The van der Waals surface area contributed by atoms with E-state index in [1.54, 1.807) is 10.9 Å². The number of carbonyl (C=O) groups is 1. The van der Waals surface area contributed by atoms with E-state index in [-0.39, 0.29) is 11.9 Å². The summed E-state index contributed by atoms with van der Waals surface area (Å²) in [5, 5.41) is 12.5. The number of hydrogen-bond donors (Lipinski definition) is 0. The van der Waals surface area contributed by atoms with Crippen LogP contribution in [0.25, 0.3) is 11.5 Å². The van der Waals surface area contributed by atoms with Crippen LogP contribution in [0.5, 0.6) is 0 Å². The summed E-state index contributed by atoms with van der Waals surface area (Å²) in [7, 11) is 1.84. The van der Waals surface area contributed by atoms with Gasteiger partial charge in [0.15, 0.2) is 11.5 Å². The van der Waals surface area contributed by atoms with Gasteiger partial charge in [-0.05, 0) is 32.1 Å². The molecule has 3 aromatic heterocycles. The van der Waals surface area contributed by atoms with Crippen LogP contribution in [0.1, 0.15) is 72.2 Å². The van der Waals surface area contributed by atoms with E-state index < -0.39 is 0 Å². The Morgan fingerprint density at radius 1 is 1.10 bits per heavy atom. The summed E-state index contributed by atoms with van der Waals surface area (Å²) in [6, 6.07) is -0.227. The second kappa shape index (κ2) is 7.46. The number of fused-ring (bicyclic) bond motifs is 1. The molecule has 1 amide bonds. The van der Waals surface area contributed by atoms with E-state index in [4.69, 9.17) is 9.05 Å². The summed E-state index contributed by atoms with van der Waals surface area (Å²) in [4.78, 5) is 19.9. The third-order valence-electron chi connectivity index (χ3n) is 5.86. The molecule has 4 heterocycles. The maximum absolute atomic E-state index is 13.5. The summed E-state index contributed by atoms with van der Waals surface area (Å²) in [5.74, 6) is 1.74. The standard InChI is InChI=1S/C20H24N6O3/c1-25-12-13(11-21-25)19-22-18(24-29-19)15-8-3-2-6-10-26(15)20(27)17-14-7-4-5-9-16(14)28-23-17/h11-12,15H,2-10H2,1H3.